The van der Waals surface area contributed by atoms with E-state index in [2.05, 4.69) is 38.0 Å². The number of hydrogen-bond donors (Lipinski definition) is 1. The highest BCUT2D eigenvalue weighted by Crippen LogP contribution is 2.41. The predicted octanol–water partition coefficient (Wildman–Crippen LogP) is 3.52. The summed E-state index contributed by atoms with van der Waals surface area (Å²) in [6.07, 6.45) is 8.54. The van der Waals surface area contributed by atoms with E-state index in [0.717, 1.165) is 17.9 Å². The smallest absolute Gasteiger partial charge is 0.00955 e. The van der Waals surface area contributed by atoms with Gasteiger partial charge in [-0.05, 0) is 69.5 Å². The van der Waals surface area contributed by atoms with Crippen molar-refractivity contribution in [1.29, 1.82) is 0 Å². The summed E-state index contributed by atoms with van der Waals surface area (Å²) in [4.78, 5) is 2.79. The molecule has 0 spiro atoms. The Kier molecular flexibility index (Phi) is 5.30. The molecular weight excluding hydrogens is 232 g/mol. The van der Waals surface area contributed by atoms with Gasteiger partial charge in [0.05, 0.1) is 0 Å². The van der Waals surface area contributed by atoms with Crippen LogP contribution in [0.3, 0.4) is 0 Å². The Labute approximate surface area is 120 Å². The number of rotatable bonds is 5. The van der Waals surface area contributed by atoms with Gasteiger partial charge in [0.2, 0.25) is 0 Å². The lowest BCUT2D eigenvalue weighted by Gasteiger charge is -2.41. The number of hydrogen-bond acceptors (Lipinski definition) is 2. The van der Waals surface area contributed by atoms with Gasteiger partial charge in [-0.3, -0.25) is 0 Å². The van der Waals surface area contributed by atoms with Crippen molar-refractivity contribution in [2.24, 2.45) is 17.3 Å². The van der Waals surface area contributed by atoms with Gasteiger partial charge in [0.25, 0.3) is 0 Å². The summed E-state index contributed by atoms with van der Waals surface area (Å²) >= 11 is 0. The molecule has 1 saturated heterocycles. The van der Waals surface area contributed by atoms with Crippen LogP contribution in [0.15, 0.2) is 0 Å². The Morgan fingerprint density at radius 3 is 2.37 bits per heavy atom. The van der Waals surface area contributed by atoms with Crippen molar-refractivity contribution in [2.75, 3.05) is 26.7 Å². The van der Waals surface area contributed by atoms with Crippen molar-refractivity contribution < 1.29 is 0 Å². The molecular formula is C17H34N2. The highest BCUT2D eigenvalue weighted by Gasteiger charge is 2.35. The van der Waals surface area contributed by atoms with Crippen LogP contribution < -0.4 is 5.32 Å². The minimum Gasteiger partial charge on any atom is -0.319 e. The molecule has 1 unspecified atom stereocenters. The van der Waals surface area contributed by atoms with E-state index in [1.165, 1.54) is 58.2 Å². The van der Waals surface area contributed by atoms with Gasteiger partial charge in [0.15, 0.2) is 0 Å². The van der Waals surface area contributed by atoms with Crippen molar-refractivity contribution in [2.45, 2.75) is 65.3 Å². The molecule has 0 aromatic rings. The van der Waals surface area contributed by atoms with E-state index in [1.54, 1.807) is 0 Å². The zero-order valence-electron chi connectivity index (χ0n) is 13.5. The molecule has 1 atom stereocenters. The lowest BCUT2D eigenvalue weighted by Crippen LogP contribution is -2.39. The van der Waals surface area contributed by atoms with Crippen LogP contribution in [0.25, 0.3) is 0 Å². The van der Waals surface area contributed by atoms with Crippen LogP contribution in [-0.4, -0.2) is 37.6 Å². The topological polar surface area (TPSA) is 15.3 Å². The first kappa shape index (κ1) is 15.3. The van der Waals surface area contributed by atoms with Crippen LogP contribution in [0, 0.1) is 17.3 Å². The summed E-state index contributed by atoms with van der Waals surface area (Å²) in [7, 11) is 2.08. The molecule has 112 valence electrons. The third-order valence-corrected chi connectivity index (χ3v) is 6.04. The minimum absolute atomic E-state index is 0.560. The molecule has 0 radical (unpaired) electrons. The molecule has 1 N–H and O–H groups in total. The molecule has 1 saturated carbocycles. The van der Waals surface area contributed by atoms with Gasteiger partial charge in [0, 0.05) is 12.6 Å². The van der Waals surface area contributed by atoms with Crippen molar-refractivity contribution in [1.82, 2.24) is 10.2 Å². The maximum absolute atomic E-state index is 3.34. The van der Waals surface area contributed by atoms with Crippen LogP contribution in [0.1, 0.15) is 59.3 Å². The summed E-state index contributed by atoms with van der Waals surface area (Å²) in [6, 6.07) is 0.894. The number of likely N-dealkylation sites (tertiary alicyclic amines) is 1. The molecule has 1 heterocycles. The largest absolute Gasteiger partial charge is 0.319 e. The van der Waals surface area contributed by atoms with Crippen molar-refractivity contribution in [3.05, 3.63) is 0 Å². The second-order valence-electron chi connectivity index (χ2n) is 7.55. The van der Waals surface area contributed by atoms with Gasteiger partial charge in [-0.25, -0.2) is 0 Å². The summed E-state index contributed by atoms with van der Waals surface area (Å²) in [5.74, 6) is 1.86. The quantitative estimate of drug-likeness (QED) is 0.819. The molecule has 2 fully saturated rings. The van der Waals surface area contributed by atoms with Crippen LogP contribution in [-0.2, 0) is 0 Å². The summed E-state index contributed by atoms with van der Waals surface area (Å²) < 4.78 is 0. The number of nitrogens with zero attached hydrogens (tertiary/aromatic N) is 1. The standard InChI is InChI=1S/C17H34N2/c1-5-17(2,3)15-6-8-16(9-7-15)19-11-10-14(13-19)12-18-4/h14-16,18H,5-13H2,1-4H3. The molecule has 2 rings (SSSR count). The first-order valence-corrected chi connectivity index (χ1v) is 8.45. The maximum atomic E-state index is 3.34. The highest BCUT2D eigenvalue weighted by molar-refractivity contribution is 4.89. The van der Waals surface area contributed by atoms with Crippen molar-refractivity contribution >= 4 is 0 Å². The summed E-state index contributed by atoms with van der Waals surface area (Å²) in [5, 5.41) is 3.34. The van der Waals surface area contributed by atoms with Crippen molar-refractivity contribution in [3.8, 4) is 0 Å². The van der Waals surface area contributed by atoms with Gasteiger partial charge in [-0.2, -0.15) is 0 Å². The van der Waals surface area contributed by atoms with Crippen LogP contribution in [0.5, 0.6) is 0 Å². The van der Waals surface area contributed by atoms with Gasteiger partial charge in [-0.15, -0.1) is 0 Å². The summed E-state index contributed by atoms with van der Waals surface area (Å²) in [5.41, 5.74) is 0.560. The SMILES string of the molecule is CCC(C)(C)C1CCC(N2CCC(CNC)C2)CC1. The average molecular weight is 266 g/mol. The Morgan fingerprint density at radius 2 is 1.79 bits per heavy atom. The van der Waals surface area contributed by atoms with Crippen molar-refractivity contribution in [3.63, 3.8) is 0 Å². The van der Waals surface area contributed by atoms with Gasteiger partial charge in [-0.1, -0.05) is 27.2 Å². The van der Waals surface area contributed by atoms with Gasteiger partial charge < -0.3 is 10.2 Å². The molecule has 2 heteroatoms. The van der Waals surface area contributed by atoms with Crippen LogP contribution >= 0.6 is 0 Å². The van der Waals surface area contributed by atoms with Gasteiger partial charge in [0.1, 0.15) is 0 Å². The van der Waals surface area contributed by atoms with E-state index in [0.29, 0.717) is 5.41 Å². The normalized spacial score (nSPS) is 33.8. The third-order valence-electron chi connectivity index (χ3n) is 6.04. The molecule has 1 aliphatic carbocycles. The monoisotopic (exact) mass is 266 g/mol. The highest BCUT2D eigenvalue weighted by atomic mass is 15.2. The first-order chi connectivity index (χ1) is 9.06. The second-order valence-corrected chi connectivity index (χ2v) is 7.55. The first-order valence-electron chi connectivity index (χ1n) is 8.45. The molecule has 0 bridgehead atoms. The molecule has 1 aliphatic heterocycles. The van der Waals surface area contributed by atoms with Crippen LogP contribution in [0.2, 0.25) is 0 Å². The Bertz CT molecular complexity index is 266. The fraction of sp³-hybridized carbons (Fsp3) is 1.00. The zero-order valence-corrected chi connectivity index (χ0v) is 13.5. The Balaban J connectivity index is 1.78. The minimum atomic E-state index is 0.560. The van der Waals surface area contributed by atoms with Gasteiger partial charge >= 0.3 is 0 Å². The maximum Gasteiger partial charge on any atom is 0.00955 e. The molecule has 2 nitrogen and oxygen atoms in total. The Morgan fingerprint density at radius 1 is 1.11 bits per heavy atom. The van der Waals surface area contributed by atoms with E-state index >= 15 is 0 Å². The average Bonchev–Trinajstić information content (AvgIpc) is 2.88. The molecule has 0 amide bonds. The Hall–Kier alpha value is -0.0800. The fourth-order valence-electron chi connectivity index (χ4n) is 4.16. The van der Waals surface area contributed by atoms with E-state index in [1.807, 2.05) is 0 Å². The lowest BCUT2D eigenvalue weighted by atomic mass is 9.68. The zero-order chi connectivity index (χ0) is 13.9. The molecule has 0 aromatic heterocycles. The lowest BCUT2D eigenvalue weighted by molar-refractivity contribution is 0.0954. The fourth-order valence-corrected chi connectivity index (χ4v) is 4.16. The van der Waals surface area contributed by atoms with E-state index in [4.69, 9.17) is 0 Å². The molecule has 2 aliphatic rings. The molecule has 19 heavy (non-hydrogen) atoms. The van der Waals surface area contributed by atoms with E-state index in [-0.39, 0.29) is 0 Å². The predicted molar refractivity (Wildman–Crippen MR) is 83.4 cm³/mol. The summed E-state index contributed by atoms with van der Waals surface area (Å²) in [6.45, 7) is 11.2. The number of nitrogens with one attached hydrogen (secondary N) is 1. The van der Waals surface area contributed by atoms with E-state index < -0.39 is 0 Å². The van der Waals surface area contributed by atoms with Crippen LogP contribution in [0.4, 0.5) is 0 Å². The second kappa shape index (κ2) is 6.58. The van der Waals surface area contributed by atoms with E-state index in [9.17, 15) is 0 Å². The molecule has 0 aromatic carbocycles. The third kappa shape index (κ3) is 3.72.